The van der Waals surface area contributed by atoms with Crippen LogP contribution in [-0.4, -0.2) is 48.5 Å². The van der Waals surface area contributed by atoms with E-state index in [0.29, 0.717) is 22.0 Å². The number of hydrogen-bond acceptors (Lipinski definition) is 5. The first-order valence-electron chi connectivity index (χ1n) is 9.42. The largest absolute Gasteiger partial charge is 0.484 e. The molecule has 1 aliphatic rings. The van der Waals surface area contributed by atoms with Gasteiger partial charge in [0.1, 0.15) is 5.75 Å². The second-order valence-corrected chi connectivity index (χ2v) is 7.05. The topological polar surface area (TPSA) is 100 Å². The fourth-order valence-corrected chi connectivity index (χ4v) is 3.05. The first kappa shape index (κ1) is 21.3. The van der Waals surface area contributed by atoms with Gasteiger partial charge >= 0.3 is 11.8 Å². The van der Waals surface area contributed by atoms with Crippen molar-refractivity contribution in [3.8, 4) is 5.75 Å². The fourth-order valence-electron chi connectivity index (χ4n) is 2.86. The molecule has 0 radical (unpaired) electrons. The first-order valence-corrected chi connectivity index (χ1v) is 9.79. The Bertz CT molecular complexity index is 958. The summed E-state index contributed by atoms with van der Waals surface area (Å²) in [5, 5.41) is 6.64. The maximum absolute atomic E-state index is 12.0. The minimum absolute atomic E-state index is 0.0268. The lowest BCUT2D eigenvalue weighted by Gasteiger charge is -2.15. The van der Waals surface area contributed by atoms with Gasteiger partial charge in [-0.3, -0.25) is 14.4 Å². The number of hydrogen-bond donors (Lipinski definition) is 2. The van der Waals surface area contributed by atoms with E-state index in [-0.39, 0.29) is 12.5 Å². The lowest BCUT2D eigenvalue weighted by Crippen LogP contribution is -2.32. The Morgan fingerprint density at radius 3 is 2.60 bits per heavy atom. The van der Waals surface area contributed by atoms with Crippen LogP contribution >= 0.6 is 11.6 Å². The predicted molar refractivity (Wildman–Crippen MR) is 114 cm³/mol. The van der Waals surface area contributed by atoms with Crippen LogP contribution in [0.5, 0.6) is 5.75 Å². The molecule has 1 heterocycles. The summed E-state index contributed by atoms with van der Waals surface area (Å²) >= 11 is 5.84. The van der Waals surface area contributed by atoms with E-state index >= 15 is 0 Å². The Morgan fingerprint density at radius 1 is 1.07 bits per heavy atom. The van der Waals surface area contributed by atoms with Crippen molar-refractivity contribution in [1.29, 1.82) is 0 Å². The highest BCUT2D eigenvalue weighted by molar-refractivity contribution is 6.39. The van der Waals surface area contributed by atoms with Crippen molar-refractivity contribution in [2.75, 3.05) is 25.0 Å². The first-order chi connectivity index (χ1) is 14.5. The van der Waals surface area contributed by atoms with Crippen molar-refractivity contribution in [2.24, 2.45) is 5.10 Å². The number of hydrazone groups is 1. The molecule has 0 aliphatic carbocycles. The highest BCUT2D eigenvalue weighted by Gasteiger charge is 2.18. The van der Waals surface area contributed by atoms with E-state index < -0.39 is 11.8 Å². The molecule has 8 nitrogen and oxygen atoms in total. The van der Waals surface area contributed by atoms with E-state index in [1.807, 2.05) is 0 Å². The molecule has 3 rings (SSSR count). The van der Waals surface area contributed by atoms with Crippen LogP contribution in [0.1, 0.15) is 18.4 Å². The van der Waals surface area contributed by atoms with E-state index in [1.54, 1.807) is 47.4 Å². The summed E-state index contributed by atoms with van der Waals surface area (Å²) in [4.78, 5) is 37.6. The number of halogens is 1. The summed E-state index contributed by atoms with van der Waals surface area (Å²) in [5.74, 6) is -1.32. The zero-order chi connectivity index (χ0) is 21.3. The van der Waals surface area contributed by atoms with E-state index in [0.717, 1.165) is 25.9 Å². The van der Waals surface area contributed by atoms with Crippen LogP contribution in [0.15, 0.2) is 53.6 Å². The summed E-state index contributed by atoms with van der Waals surface area (Å²) in [7, 11) is 0. The number of ether oxygens (including phenoxy) is 1. The Morgan fingerprint density at radius 2 is 1.83 bits per heavy atom. The van der Waals surface area contributed by atoms with Crippen LogP contribution in [0.25, 0.3) is 0 Å². The quantitative estimate of drug-likeness (QED) is 0.419. The van der Waals surface area contributed by atoms with Gasteiger partial charge in [0, 0.05) is 23.8 Å². The summed E-state index contributed by atoms with van der Waals surface area (Å²) in [5.41, 5.74) is 3.19. The molecule has 3 amide bonds. The van der Waals surface area contributed by atoms with E-state index in [9.17, 15) is 14.4 Å². The zero-order valence-corrected chi connectivity index (χ0v) is 16.9. The molecule has 1 saturated heterocycles. The Labute approximate surface area is 178 Å². The molecule has 0 atom stereocenters. The number of nitrogens with one attached hydrogen (secondary N) is 2. The summed E-state index contributed by atoms with van der Waals surface area (Å²) in [6.07, 6.45) is 3.43. The second-order valence-electron chi connectivity index (χ2n) is 6.61. The van der Waals surface area contributed by atoms with Crippen LogP contribution in [-0.2, 0) is 14.4 Å². The minimum Gasteiger partial charge on any atom is -0.484 e. The number of likely N-dealkylation sites (tertiary alicyclic amines) is 1. The number of carbonyl (C=O) groups excluding carboxylic acids is 3. The molecule has 9 heteroatoms. The minimum atomic E-state index is -0.921. The molecule has 0 aromatic heterocycles. The average Bonchev–Trinajstić information content (AvgIpc) is 3.27. The van der Waals surface area contributed by atoms with Gasteiger partial charge in [0.15, 0.2) is 6.61 Å². The molecule has 1 fully saturated rings. The molecule has 2 aromatic rings. The SMILES string of the molecule is O=C(N/N=C\c1cccc(OCC(=O)N2CCCC2)c1)C(=O)Nc1cccc(Cl)c1. The molecule has 30 heavy (non-hydrogen) atoms. The van der Waals surface area contributed by atoms with Crippen LogP contribution in [0.4, 0.5) is 5.69 Å². The van der Waals surface area contributed by atoms with Crippen LogP contribution < -0.4 is 15.5 Å². The van der Waals surface area contributed by atoms with Crippen molar-refractivity contribution in [3.63, 3.8) is 0 Å². The maximum Gasteiger partial charge on any atom is 0.329 e. The van der Waals surface area contributed by atoms with Crippen molar-refractivity contribution in [3.05, 3.63) is 59.1 Å². The van der Waals surface area contributed by atoms with Gasteiger partial charge < -0.3 is 15.0 Å². The standard InChI is InChI=1S/C21H21ClN4O4/c22-16-6-4-7-17(12-16)24-20(28)21(29)25-23-13-15-5-3-8-18(11-15)30-14-19(27)26-9-1-2-10-26/h3-8,11-13H,1-2,9-10,14H2,(H,24,28)(H,25,29)/b23-13-. The summed E-state index contributed by atoms with van der Waals surface area (Å²) in [6.45, 7) is 1.53. The Kier molecular flexibility index (Phi) is 7.40. The smallest absolute Gasteiger partial charge is 0.329 e. The molecule has 2 N–H and O–H groups in total. The van der Waals surface area contributed by atoms with Crippen LogP contribution in [0.2, 0.25) is 5.02 Å². The number of rotatable bonds is 6. The lowest BCUT2D eigenvalue weighted by molar-refractivity contribution is -0.136. The van der Waals surface area contributed by atoms with Crippen LogP contribution in [0.3, 0.4) is 0 Å². The van der Waals surface area contributed by atoms with E-state index in [4.69, 9.17) is 16.3 Å². The monoisotopic (exact) mass is 428 g/mol. The molecular weight excluding hydrogens is 408 g/mol. The number of benzene rings is 2. The highest BCUT2D eigenvalue weighted by atomic mass is 35.5. The molecule has 1 aliphatic heterocycles. The predicted octanol–water partition coefficient (Wildman–Crippen LogP) is 2.43. The number of carbonyl (C=O) groups is 3. The third-order valence-corrected chi connectivity index (χ3v) is 4.58. The van der Waals surface area contributed by atoms with Gasteiger partial charge in [-0.15, -0.1) is 0 Å². The highest BCUT2D eigenvalue weighted by Crippen LogP contribution is 2.15. The fraction of sp³-hybridized carbons (Fsp3) is 0.238. The van der Waals surface area contributed by atoms with Crippen molar-refractivity contribution < 1.29 is 19.1 Å². The van der Waals surface area contributed by atoms with E-state index in [1.165, 1.54) is 12.3 Å². The number of amides is 3. The van der Waals surface area contributed by atoms with Gasteiger partial charge in [-0.05, 0) is 48.7 Å². The maximum atomic E-state index is 12.0. The summed E-state index contributed by atoms with van der Waals surface area (Å²) in [6, 6.07) is 13.3. The number of nitrogens with zero attached hydrogens (tertiary/aromatic N) is 2. The van der Waals surface area contributed by atoms with Gasteiger partial charge in [0.05, 0.1) is 6.21 Å². The van der Waals surface area contributed by atoms with Gasteiger partial charge in [-0.25, -0.2) is 5.43 Å². The molecule has 0 saturated carbocycles. The molecule has 0 spiro atoms. The third kappa shape index (κ3) is 6.31. The number of anilines is 1. The zero-order valence-electron chi connectivity index (χ0n) is 16.1. The lowest BCUT2D eigenvalue weighted by atomic mass is 10.2. The van der Waals surface area contributed by atoms with E-state index in [2.05, 4.69) is 15.8 Å². The second kappa shape index (κ2) is 10.4. The molecule has 156 valence electrons. The van der Waals surface area contributed by atoms with Crippen molar-refractivity contribution in [1.82, 2.24) is 10.3 Å². The normalized spacial score (nSPS) is 13.3. The third-order valence-electron chi connectivity index (χ3n) is 4.35. The van der Waals surface area contributed by atoms with Gasteiger partial charge in [-0.1, -0.05) is 29.8 Å². The Balaban J connectivity index is 1.48. The van der Waals surface area contributed by atoms with Gasteiger partial charge in [0.2, 0.25) is 0 Å². The Hall–Kier alpha value is -3.39. The van der Waals surface area contributed by atoms with Crippen molar-refractivity contribution in [2.45, 2.75) is 12.8 Å². The molecule has 0 unspecified atom stereocenters. The molecule has 2 aromatic carbocycles. The summed E-state index contributed by atoms with van der Waals surface area (Å²) < 4.78 is 5.55. The van der Waals surface area contributed by atoms with Gasteiger partial charge in [0.25, 0.3) is 5.91 Å². The van der Waals surface area contributed by atoms with Crippen LogP contribution in [0, 0.1) is 0 Å². The average molecular weight is 429 g/mol. The molecule has 0 bridgehead atoms. The van der Waals surface area contributed by atoms with Gasteiger partial charge in [-0.2, -0.15) is 5.10 Å². The molecular formula is C21H21ClN4O4. The van der Waals surface area contributed by atoms with Crippen molar-refractivity contribution >= 4 is 41.2 Å².